The first-order chi connectivity index (χ1) is 13.0. The second-order valence-electron chi connectivity index (χ2n) is 6.22. The van der Waals surface area contributed by atoms with E-state index in [9.17, 15) is 18.4 Å². The number of anilines is 1. The molecule has 0 unspecified atom stereocenters. The summed E-state index contributed by atoms with van der Waals surface area (Å²) in [4.78, 5) is 28.7. The summed E-state index contributed by atoms with van der Waals surface area (Å²) in [6, 6.07) is 3.56. The van der Waals surface area contributed by atoms with Gasteiger partial charge in [0.25, 0.3) is 5.91 Å². The van der Waals surface area contributed by atoms with Gasteiger partial charge < -0.3 is 4.42 Å². The number of furan rings is 1. The number of aromatic nitrogens is 1. The number of carbonyl (C=O) groups excluding carboxylic acids is 2. The molecule has 1 aliphatic carbocycles. The monoisotopic (exact) mass is 388 g/mol. The summed E-state index contributed by atoms with van der Waals surface area (Å²) >= 11 is 1.04. The molecule has 0 radical (unpaired) electrons. The Kier molecular flexibility index (Phi) is 4.35. The summed E-state index contributed by atoms with van der Waals surface area (Å²) in [5, 5.41) is 4.21. The van der Waals surface area contributed by atoms with Gasteiger partial charge in [-0.3, -0.25) is 14.9 Å². The third kappa shape index (κ3) is 3.06. The van der Waals surface area contributed by atoms with Gasteiger partial charge in [0, 0.05) is 23.8 Å². The number of ketones is 1. The molecule has 2 heterocycles. The van der Waals surface area contributed by atoms with Crippen molar-refractivity contribution >= 4 is 28.2 Å². The number of hydrogen-bond acceptors (Lipinski definition) is 5. The largest absolute Gasteiger partial charge is 0.455 e. The van der Waals surface area contributed by atoms with Gasteiger partial charge in [0.2, 0.25) is 0 Å². The van der Waals surface area contributed by atoms with Crippen molar-refractivity contribution in [2.75, 3.05) is 5.32 Å². The van der Waals surface area contributed by atoms with Gasteiger partial charge in [0.15, 0.2) is 16.7 Å². The predicted molar refractivity (Wildman–Crippen MR) is 96.1 cm³/mol. The van der Waals surface area contributed by atoms with Crippen molar-refractivity contribution in [2.24, 2.45) is 0 Å². The molecule has 1 aliphatic rings. The first kappa shape index (κ1) is 17.5. The van der Waals surface area contributed by atoms with E-state index in [0.29, 0.717) is 36.1 Å². The average molecular weight is 388 g/mol. The predicted octanol–water partition coefficient (Wildman–Crippen LogP) is 4.76. The highest BCUT2D eigenvalue weighted by Gasteiger charge is 2.29. The summed E-state index contributed by atoms with van der Waals surface area (Å²) < 4.78 is 33.4. The van der Waals surface area contributed by atoms with Gasteiger partial charge >= 0.3 is 0 Å². The highest BCUT2D eigenvalue weighted by Crippen LogP contribution is 2.32. The van der Waals surface area contributed by atoms with Crippen molar-refractivity contribution in [1.82, 2.24) is 4.98 Å². The lowest BCUT2D eigenvalue weighted by atomic mass is 9.94. The van der Waals surface area contributed by atoms with Gasteiger partial charge in [0.05, 0.1) is 16.8 Å². The van der Waals surface area contributed by atoms with Crippen LogP contribution >= 0.6 is 11.3 Å². The van der Waals surface area contributed by atoms with E-state index in [1.165, 1.54) is 11.4 Å². The number of Topliss-reactive ketones (excluding diaryl/α,β-unsaturated/α-hetero) is 1. The number of nitrogens with zero attached hydrogens (tertiary/aromatic N) is 1. The van der Waals surface area contributed by atoms with Crippen molar-refractivity contribution in [1.29, 1.82) is 0 Å². The van der Waals surface area contributed by atoms with E-state index >= 15 is 0 Å². The second-order valence-corrected chi connectivity index (χ2v) is 7.08. The molecule has 8 heteroatoms. The molecule has 1 N–H and O–H groups in total. The molecule has 0 saturated carbocycles. The summed E-state index contributed by atoms with van der Waals surface area (Å²) in [5.41, 5.74) is 0.838. The lowest BCUT2D eigenvalue weighted by Crippen LogP contribution is -2.13. The van der Waals surface area contributed by atoms with E-state index in [2.05, 4.69) is 10.3 Å². The number of fused-ring (bicyclic) bond motifs is 1. The molecular weight excluding hydrogens is 374 g/mol. The molecular formula is C19H14F2N2O3S. The first-order valence-corrected chi connectivity index (χ1v) is 9.20. The molecule has 0 spiro atoms. The van der Waals surface area contributed by atoms with Gasteiger partial charge in [-0.25, -0.2) is 13.8 Å². The van der Waals surface area contributed by atoms with Gasteiger partial charge in [0.1, 0.15) is 17.4 Å². The Balaban J connectivity index is 1.60. The Morgan fingerprint density at radius 2 is 1.96 bits per heavy atom. The number of hydrogen-bond donors (Lipinski definition) is 1. The summed E-state index contributed by atoms with van der Waals surface area (Å²) in [6.07, 6.45) is 1.76. The minimum Gasteiger partial charge on any atom is -0.455 e. The van der Waals surface area contributed by atoms with Crippen LogP contribution < -0.4 is 5.32 Å². The van der Waals surface area contributed by atoms with Gasteiger partial charge in [-0.2, -0.15) is 0 Å². The van der Waals surface area contributed by atoms with E-state index in [-0.39, 0.29) is 27.9 Å². The maximum Gasteiger partial charge on any atom is 0.293 e. The molecule has 3 aromatic rings. The van der Waals surface area contributed by atoms with Crippen LogP contribution in [-0.4, -0.2) is 16.7 Å². The van der Waals surface area contributed by atoms with Gasteiger partial charge in [-0.1, -0.05) is 6.07 Å². The topological polar surface area (TPSA) is 72.2 Å². The molecule has 2 aromatic heterocycles. The number of amides is 1. The van der Waals surface area contributed by atoms with Crippen LogP contribution in [0.25, 0.3) is 11.3 Å². The van der Waals surface area contributed by atoms with Gasteiger partial charge in [-0.15, -0.1) is 11.3 Å². The van der Waals surface area contributed by atoms with Crippen LogP contribution in [0.5, 0.6) is 0 Å². The zero-order valence-corrected chi connectivity index (χ0v) is 15.1. The lowest BCUT2D eigenvalue weighted by molar-refractivity contribution is 0.0963. The highest BCUT2D eigenvalue weighted by molar-refractivity contribution is 7.14. The fourth-order valence-corrected chi connectivity index (χ4v) is 3.90. The minimum absolute atomic E-state index is 0.0249. The molecule has 0 bridgehead atoms. The van der Waals surface area contributed by atoms with Crippen molar-refractivity contribution in [3.8, 4) is 11.3 Å². The maximum atomic E-state index is 13.9. The summed E-state index contributed by atoms with van der Waals surface area (Å²) in [7, 11) is 0. The number of carbonyl (C=O) groups is 2. The van der Waals surface area contributed by atoms with E-state index < -0.39 is 17.5 Å². The number of aryl methyl sites for hydroxylation is 1. The molecule has 1 aromatic carbocycles. The van der Waals surface area contributed by atoms with E-state index in [1.807, 2.05) is 0 Å². The van der Waals surface area contributed by atoms with Crippen LogP contribution in [0.2, 0.25) is 0 Å². The molecule has 138 valence electrons. The lowest BCUT2D eigenvalue weighted by Gasteiger charge is -2.07. The molecule has 0 aliphatic heterocycles. The average Bonchev–Trinajstić information content (AvgIpc) is 3.20. The fourth-order valence-electron chi connectivity index (χ4n) is 3.21. The normalized spacial score (nSPS) is 13.5. The van der Waals surface area contributed by atoms with E-state index in [4.69, 9.17) is 4.42 Å². The Morgan fingerprint density at radius 1 is 1.22 bits per heavy atom. The van der Waals surface area contributed by atoms with Crippen LogP contribution in [0.1, 0.15) is 45.1 Å². The SMILES string of the molecule is Cc1c(C(=O)Nc2nc(-c3c(F)cccc3F)cs2)oc2c1C(=O)CCC2. The molecule has 4 rings (SSSR count). The highest BCUT2D eigenvalue weighted by atomic mass is 32.1. The first-order valence-electron chi connectivity index (χ1n) is 8.32. The molecule has 0 saturated heterocycles. The Labute approximate surface area is 157 Å². The standard InChI is InChI=1S/C19H14F2N2O3S/c1-9-15-13(24)6-3-7-14(15)26-17(9)18(25)23-19-22-12(8-27-19)16-10(20)4-2-5-11(16)21/h2,4-5,8H,3,6-7H2,1H3,(H,22,23,25). The Bertz CT molecular complexity index is 1050. The number of thiazole rings is 1. The molecule has 0 atom stereocenters. The van der Waals surface area contributed by atoms with Crippen LogP contribution in [0.4, 0.5) is 13.9 Å². The third-order valence-electron chi connectivity index (χ3n) is 4.46. The quantitative estimate of drug-likeness (QED) is 0.702. The van der Waals surface area contributed by atoms with E-state index in [1.54, 1.807) is 6.92 Å². The van der Waals surface area contributed by atoms with Crippen LogP contribution in [0.15, 0.2) is 28.0 Å². The zero-order valence-electron chi connectivity index (χ0n) is 14.3. The second kappa shape index (κ2) is 6.70. The molecule has 1 amide bonds. The number of rotatable bonds is 3. The van der Waals surface area contributed by atoms with Gasteiger partial charge in [-0.05, 0) is 25.5 Å². The minimum atomic E-state index is -0.730. The molecule has 5 nitrogen and oxygen atoms in total. The van der Waals surface area contributed by atoms with Crippen molar-refractivity contribution in [3.63, 3.8) is 0 Å². The number of benzene rings is 1. The number of nitrogens with one attached hydrogen (secondary N) is 1. The summed E-state index contributed by atoms with van der Waals surface area (Å²) in [5.74, 6) is -1.45. The molecule has 27 heavy (non-hydrogen) atoms. The fraction of sp³-hybridized carbons (Fsp3) is 0.211. The number of halogens is 2. The zero-order chi connectivity index (χ0) is 19.1. The van der Waals surface area contributed by atoms with Crippen LogP contribution in [0.3, 0.4) is 0 Å². The summed E-state index contributed by atoms with van der Waals surface area (Å²) in [6.45, 7) is 1.67. The van der Waals surface area contributed by atoms with E-state index in [0.717, 1.165) is 23.5 Å². The van der Waals surface area contributed by atoms with Crippen molar-refractivity contribution < 1.29 is 22.8 Å². The Hall–Kier alpha value is -2.87. The third-order valence-corrected chi connectivity index (χ3v) is 5.21. The Morgan fingerprint density at radius 3 is 2.67 bits per heavy atom. The van der Waals surface area contributed by atoms with Crippen molar-refractivity contribution in [2.45, 2.75) is 26.2 Å². The van der Waals surface area contributed by atoms with Crippen LogP contribution in [-0.2, 0) is 6.42 Å². The van der Waals surface area contributed by atoms with Crippen LogP contribution in [0, 0.1) is 18.6 Å². The van der Waals surface area contributed by atoms with Crippen molar-refractivity contribution in [3.05, 3.63) is 57.9 Å². The maximum absolute atomic E-state index is 13.9. The molecule has 0 fully saturated rings. The smallest absolute Gasteiger partial charge is 0.293 e.